The first-order chi connectivity index (χ1) is 18.4. The van der Waals surface area contributed by atoms with E-state index < -0.39 is 24.6 Å². The fourth-order valence-electron chi connectivity index (χ4n) is 4.41. The minimum atomic E-state index is -2.22. The number of carbonyl (C=O) groups excluding carboxylic acids is 2. The van der Waals surface area contributed by atoms with Crippen LogP contribution >= 0.6 is 6.89 Å². The van der Waals surface area contributed by atoms with Gasteiger partial charge < -0.3 is 13.9 Å². The van der Waals surface area contributed by atoms with E-state index in [-0.39, 0.29) is 5.57 Å². The number of furan rings is 1. The van der Waals surface area contributed by atoms with Crippen molar-refractivity contribution in [3.63, 3.8) is 0 Å². The lowest BCUT2D eigenvalue weighted by molar-refractivity contribution is -0.222. The molecule has 0 unspecified atom stereocenters. The molecule has 0 saturated carbocycles. The summed E-state index contributed by atoms with van der Waals surface area (Å²) in [5, 5.41) is 3.65. The van der Waals surface area contributed by atoms with Gasteiger partial charge in [0.25, 0.3) is 5.79 Å². The van der Waals surface area contributed by atoms with E-state index in [1.54, 1.807) is 12.2 Å². The smallest absolute Gasteiger partial charge is 0.348 e. The summed E-state index contributed by atoms with van der Waals surface area (Å²) in [5.41, 5.74) is -0.166. The third-order valence-electron chi connectivity index (χ3n) is 6.10. The van der Waals surface area contributed by atoms with Crippen LogP contribution in [-0.4, -0.2) is 23.5 Å². The second-order valence-corrected chi connectivity index (χ2v) is 12.5. The van der Waals surface area contributed by atoms with Crippen molar-refractivity contribution in [2.45, 2.75) is 19.6 Å². The first-order valence-corrected chi connectivity index (χ1v) is 14.1. The molecule has 0 aliphatic carbocycles. The zero-order valence-corrected chi connectivity index (χ0v) is 22.0. The molecule has 2 heterocycles. The number of hydrogen-bond acceptors (Lipinski definition) is 5. The fraction of sp³-hybridized carbons (Fsp3) is 0.0938. The Morgan fingerprint density at radius 1 is 0.632 bits per heavy atom. The quantitative estimate of drug-likeness (QED) is 0.151. The molecule has 5 rings (SSSR count). The highest BCUT2D eigenvalue weighted by molar-refractivity contribution is 7.94. The van der Waals surface area contributed by atoms with Crippen molar-refractivity contribution in [1.29, 1.82) is 0 Å². The molecule has 6 heteroatoms. The van der Waals surface area contributed by atoms with Crippen LogP contribution < -0.4 is 15.9 Å². The van der Waals surface area contributed by atoms with Crippen molar-refractivity contribution in [1.82, 2.24) is 0 Å². The van der Waals surface area contributed by atoms with Gasteiger partial charge in [-0.25, -0.2) is 9.59 Å². The Hall–Kier alpha value is -4.34. The molecule has 0 atom stereocenters. The third kappa shape index (κ3) is 5.20. The van der Waals surface area contributed by atoms with E-state index in [0.717, 1.165) is 5.76 Å². The number of esters is 2. The van der Waals surface area contributed by atoms with E-state index in [1.807, 2.05) is 30.3 Å². The summed E-state index contributed by atoms with van der Waals surface area (Å²) in [5.74, 6) is 0.840. The molecule has 4 aromatic rings. The van der Waals surface area contributed by atoms with Crippen molar-refractivity contribution in [3.05, 3.63) is 132 Å². The van der Waals surface area contributed by atoms with Crippen molar-refractivity contribution < 1.29 is 23.5 Å². The van der Waals surface area contributed by atoms with Gasteiger partial charge in [-0.3, -0.25) is 0 Å². The number of allylic oxidation sites excluding steroid dienone is 2. The maximum Gasteiger partial charge on any atom is 0.348 e. The highest BCUT2D eigenvalue weighted by Gasteiger charge is 2.38. The van der Waals surface area contributed by atoms with Crippen LogP contribution in [0.2, 0.25) is 0 Å². The predicted octanol–water partition coefficient (Wildman–Crippen LogP) is 5.20. The Morgan fingerprint density at radius 2 is 1.08 bits per heavy atom. The van der Waals surface area contributed by atoms with Gasteiger partial charge in [0.1, 0.15) is 17.1 Å². The standard InChI is InChI=1S/C32H27O5P/c1-32(2)36-30(33)29(31(34)37-32)20-12-13-24-21-22-25(35-24)23-38(26-14-6-3-7-15-26,27-16-8-4-9-17-27)28-18-10-5-11-19-28/h3-23H,1-2H3/b13-12+. The molecular weight excluding hydrogens is 495 g/mol. The summed E-state index contributed by atoms with van der Waals surface area (Å²) in [6.07, 6.45) is 4.64. The van der Waals surface area contributed by atoms with Gasteiger partial charge in [-0.05, 0) is 52.9 Å². The van der Waals surface area contributed by atoms with Crippen molar-refractivity contribution in [3.8, 4) is 0 Å². The molecule has 5 nitrogen and oxygen atoms in total. The highest BCUT2D eigenvalue weighted by Crippen LogP contribution is 2.44. The van der Waals surface area contributed by atoms with Crippen LogP contribution in [0.3, 0.4) is 0 Å². The van der Waals surface area contributed by atoms with Crippen LogP contribution in [0.5, 0.6) is 0 Å². The van der Waals surface area contributed by atoms with Crippen LogP contribution in [0, 0.1) is 0 Å². The van der Waals surface area contributed by atoms with Crippen LogP contribution in [0.4, 0.5) is 0 Å². The number of benzene rings is 3. The molecule has 1 aliphatic rings. The Morgan fingerprint density at radius 3 is 1.55 bits per heavy atom. The van der Waals surface area contributed by atoms with E-state index in [1.165, 1.54) is 35.8 Å². The van der Waals surface area contributed by atoms with Gasteiger partial charge in [-0.1, -0.05) is 97.1 Å². The maximum atomic E-state index is 12.2. The molecule has 1 saturated heterocycles. The minimum Gasteiger partial charge on any atom is -0.457 e. The second-order valence-electron chi connectivity index (χ2n) is 9.22. The van der Waals surface area contributed by atoms with E-state index in [9.17, 15) is 9.59 Å². The lowest BCUT2D eigenvalue weighted by Crippen LogP contribution is -2.41. The van der Waals surface area contributed by atoms with Gasteiger partial charge >= 0.3 is 11.9 Å². The Kier molecular flexibility index (Phi) is 7.04. The molecule has 38 heavy (non-hydrogen) atoms. The lowest BCUT2D eigenvalue weighted by Gasteiger charge is -2.29. The van der Waals surface area contributed by atoms with Crippen molar-refractivity contribution in [2.24, 2.45) is 0 Å². The summed E-state index contributed by atoms with van der Waals surface area (Å²) in [6, 6.07) is 35.3. The zero-order valence-electron chi connectivity index (χ0n) is 21.1. The molecular formula is C32H27O5P. The Labute approximate surface area is 222 Å². The number of ether oxygens (including phenoxy) is 2. The van der Waals surface area contributed by atoms with E-state index in [4.69, 9.17) is 13.9 Å². The van der Waals surface area contributed by atoms with E-state index >= 15 is 0 Å². The first-order valence-electron chi connectivity index (χ1n) is 12.2. The molecule has 0 radical (unpaired) electrons. The van der Waals surface area contributed by atoms with E-state index in [2.05, 4.69) is 78.6 Å². The topological polar surface area (TPSA) is 65.7 Å². The second kappa shape index (κ2) is 10.6. The predicted molar refractivity (Wildman–Crippen MR) is 152 cm³/mol. The summed E-state index contributed by atoms with van der Waals surface area (Å²) >= 11 is 0. The van der Waals surface area contributed by atoms with Crippen molar-refractivity contribution in [2.75, 3.05) is 0 Å². The van der Waals surface area contributed by atoms with E-state index in [0.29, 0.717) is 5.76 Å². The Bertz CT molecular complexity index is 1440. The minimum absolute atomic E-state index is 0.166. The van der Waals surface area contributed by atoms with Gasteiger partial charge in [0.15, 0.2) is 0 Å². The monoisotopic (exact) mass is 522 g/mol. The molecule has 190 valence electrons. The lowest BCUT2D eigenvalue weighted by atomic mass is 10.2. The number of hydrogen-bond donors (Lipinski definition) is 0. The van der Waals surface area contributed by atoms with Gasteiger partial charge in [0.2, 0.25) is 0 Å². The first kappa shape index (κ1) is 25.3. The fourth-order valence-corrected chi connectivity index (χ4v) is 8.20. The van der Waals surface area contributed by atoms with Gasteiger partial charge in [0.05, 0.1) is 0 Å². The van der Waals surface area contributed by atoms with Crippen LogP contribution in [0.25, 0.3) is 6.08 Å². The molecule has 0 amide bonds. The molecule has 0 bridgehead atoms. The summed E-state index contributed by atoms with van der Waals surface area (Å²) in [6.45, 7) is 0.811. The molecule has 1 aliphatic heterocycles. The van der Waals surface area contributed by atoms with Crippen molar-refractivity contribution >= 4 is 46.6 Å². The van der Waals surface area contributed by atoms with Gasteiger partial charge in [0, 0.05) is 13.8 Å². The largest absolute Gasteiger partial charge is 0.457 e. The third-order valence-corrected chi connectivity index (χ3v) is 10.1. The summed E-state index contributed by atoms with van der Waals surface area (Å²) in [7, 11) is 0. The van der Waals surface area contributed by atoms with Crippen LogP contribution in [0.1, 0.15) is 25.4 Å². The van der Waals surface area contributed by atoms with Gasteiger partial charge in [-0.15, -0.1) is 0 Å². The number of rotatable bonds is 6. The maximum absolute atomic E-state index is 12.2. The zero-order chi connectivity index (χ0) is 26.6. The van der Waals surface area contributed by atoms with Crippen LogP contribution in [0.15, 0.2) is 125 Å². The highest BCUT2D eigenvalue weighted by atomic mass is 31.2. The van der Waals surface area contributed by atoms with Gasteiger partial charge in [-0.2, -0.15) is 0 Å². The average molecular weight is 523 g/mol. The molecule has 3 aromatic carbocycles. The average Bonchev–Trinajstić information content (AvgIpc) is 3.37. The molecule has 1 fully saturated rings. The normalized spacial score (nSPS) is 15.2. The number of cyclic esters (lactones) is 2. The molecule has 1 aromatic heterocycles. The summed E-state index contributed by atoms with van der Waals surface area (Å²) < 4.78 is 16.5. The molecule has 0 spiro atoms. The Balaban J connectivity index is 1.56. The van der Waals surface area contributed by atoms with Crippen LogP contribution in [-0.2, 0) is 19.1 Å². The SMILES string of the molecule is CC1(C)OC(=O)C(=C/C=C/c2ccc(C=P(c3ccccc3)(c3ccccc3)c3ccccc3)o2)C(=O)O1. The number of carbonyl (C=O) groups is 2. The summed E-state index contributed by atoms with van der Waals surface area (Å²) in [4.78, 5) is 24.4. The molecule has 0 N–H and O–H groups in total.